The van der Waals surface area contributed by atoms with E-state index in [4.69, 9.17) is 8.83 Å². The second kappa shape index (κ2) is 7.94. The number of nitriles is 1. The third kappa shape index (κ3) is 3.61. The molecule has 0 radical (unpaired) electrons. The molecule has 0 bridgehead atoms. The van der Waals surface area contributed by atoms with Crippen molar-refractivity contribution >= 4 is 17.5 Å². The third-order valence-corrected chi connectivity index (χ3v) is 4.89. The zero-order valence-electron chi connectivity index (χ0n) is 15.5. The van der Waals surface area contributed by atoms with Crippen LogP contribution >= 0.6 is 0 Å². The fourth-order valence-electron chi connectivity index (χ4n) is 3.31. The number of aromatic nitrogens is 1. The van der Waals surface area contributed by atoms with Crippen molar-refractivity contribution in [1.29, 1.82) is 5.26 Å². The van der Waals surface area contributed by atoms with Gasteiger partial charge in [-0.25, -0.2) is 13.2 Å². The number of hydrogen-bond donors (Lipinski definition) is 1. The molecule has 3 aromatic rings. The van der Waals surface area contributed by atoms with Gasteiger partial charge in [0.15, 0.2) is 23.2 Å². The molecule has 7 nitrogen and oxygen atoms in total. The van der Waals surface area contributed by atoms with Crippen LogP contribution in [0.1, 0.15) is 18.5 Å². The van der Waals surface area contributed by atoms with E-state index in [0.717, 1.165) is 12.1 Å². The molecular weight excluding hydrogens is 401 g/mol. The molecule has 4 rings (SSSR count). The van der Waals surface area contributed by atoms with Gasteiger partial charge < -0.3 is 19.1 Å². The Kier molecular flexibility index (Phi) is 5.18. The molecule has 1 amide bonds. The summed E-state index contributed by atoms with van der Waals surface area (Å²) in [6, 6.07) is 7.04. The Bertz CT molecular complexity index is 1110. The number of carbonyl (C=O) groups excluding carboxylic acids is 1. The van der Waals surface area contributed by atoms with Gasteiger partial charge in [0, 0.05) is 19.0 Å². The molecule has 0 aliphatic carbocycles. The second-order valence-corrected chi connectivity index (χ2v) is 6.74. The van der Waals surface area contributed by atoms with E-state index in [0.29, 0.717) is 31.7 Å². The van der Waals surface area contributed by atoms with E-state index in [1.54, 1.807) is 17.0 Å². The minimum Gasteiger partial charge on any atom is -0.459 e. The third-order valence-electron chi connectivity index (χ3n) is 4.89. The monoisotopic (exact) mass is 416 g/mol. The Labute approximate surface area is 168 Å². The molecule has 0 spiro atoms. The van der Waals surface area contributed by atoms with Gasteiger partial charge in [-0.1, -0.05) is 0 Å². The van der Waals surface area contributed by atoms with Crippen LogP contribution in [0.3, 0.4) is 0 Å². The summed E-state index contributed by atoms with van der Waals surface area (Å²) in [5.41, 5.74) is -0.306. The van der Waals surface area contributed by atoms with E-state index in [2.05, 4.69) is 10.3 Å². The van der Waals surface area contributed by atoms with Crippen molar-refractivity contribution in [2.75, 3.05) is 23.3 Å². The Balaban J connectivity index is 1.42. The first-order valence-electron chi connectivity index (χ1n) is 9.12. The molecule has 1 aliphatic heterocycles. The first kappa shape index (κ1) is 19.6. The van der Waals surface area contributed by atoms with Crippen LogP contribution in [0.5, 0.6) is 0 Å². The van der Waals surface area contributed by atoms with Gasteiger partial charge in [0.2, 0.25) is 17.5 Å². The maximum absolute atomic E-state index is 13.8. The lowest BCUT2D eigenvalue weighted by Crippen LogP contribution is -2.38. The lowest BCUT2D eigenvalue weighted by Gasteiger charge is -2.31. The Morgan fingerprint density at radius 3 is 2.63 bits per heavy atom. The van der Waals surface area contributed by atoms with Gasteiger partial charge in [0.1, 0.15) is 6.07 Å². The highest BCUT2D eigenvalue weighted by Crippen LogP contribution is 2.31. The van der Waals surface area contributed by atoms with Crippen LogP contribution in [-0.2, 0) is 4.79 Å². The van der Waals surface area contributed by atoms with Crippen LogP contribution in [0.4, 0.5) is 24.7 Å². The van der Waals surface area contributed by atoms with Crippen molar-refractivity contribution in [2.45, 2.75) is 12.8 Å². The van der Waals surface area contributed by atoms with Gasteiger partial charge in [-0.05, 0) is 37.1 Å². The smallest absolute Gasteiger partial charge is 0.266 e. The summed E-state index contributed by atoms with van der Waals surface area (Å²) in [6.45, 7) is 0.777. The topological polar surface area (TPSA) is 95.3 Å². The predicted molar refractivity (Wildman–Crippen MR) is 98.8 cm³/mol. The van der Waals surface area contributed by atoms with Gasteiger partial charge in [-0.3, -0.25) is 4.79 Å². The minimum atomic E-state index is -1.63. The number of oxazole rings is 1. The number of halogens is 3. The first-order chi connectivity index (χ1) is 14.5. The molecule has 1 aliphatic rings. The van der Waals surface area contributed by atoms with Gasteiger partial charge in [0.25, 0.3) is 5.89 Å². The number of carbonyl (C=O) groups is 1. The summed E-state index contributed by atoms with van der Waals surface area (Å²) in [5.74, 6) is -4.50. The summed E-state index contributed by atoms with van der Waals surface area (Å²) in [4.78, 5) is 18.4. The molecule has 154 valence electrons. The van der Waals surface area contributed by atoms with E-state index >= 15 is 0 Å². The molecular formula is C20H15F3N4O3. The van der Waals surface area contributed by atoms with Crippen molar-refractivity contribution < 1.29 is 26.8 Å². The van der Waals surface area contributed by atoms with Gasteiger partial charge in [0.05, 0.1) is 12.0 Å². The number of benzene rings is 1. The van der Waals surface area contributed by atoms with Gasteiger partial charge >= 0.3 is 0 Å². The highest BCUT2D eigenvalue weighted by Gasteiger charge is 2.30. The molecule has 1 aromatic carbocycles. The van der Waals surface area contributed by atoms with Crippen molar-refractivity contribution in [3.63, 3.8) is 0 Å². The summed E-state index contributed by atoms with van der Waals surface area (Å²) >= 11 is 0. The fraction of sp³-hybridized carbons (Fsp3) is 0.250. The molecule has 1 N–H and O–H groups in total. The quantitative estimate of drug-likeness (QED) is 0.644. The normalized spacial score (nSPS) is 14.5. The number of amides is 1. The first-order valence-corrected chi connectivity index (χ1v) is 9.12. The van der Waals surface area contributed by atoms with Crippen molar-refractivity contribution in [3.05, 3.63) is 53.7 Å². The van der Waals surface area contributed by atoms with Crippen LogP contribution in [-0.4, -0.2) is 24.0 Å². The van der Waals surface area contributed by atoms with Crippen molar-refractivity contribution in [1.82, 2.24) is 4.98 Å². The largest absolute Gasteiger partial charge is 0.459 e. The molecule has 10 heteroatoms. The van der Waals surface area contributed by atoms with Crippen LogP contribution < -0.4 is 10.2 Å². The molecule has 0 atom stereocenters. The van der Waals surface area contributed by atoms with E-state index in [1.807, 2.05) is 6.07 Å². The molecule has 0 saturated carbocycles. The Morgan fingerprint density at radius 1 is 1.20 bits per heavy atom. The maximum Gasteiger partial charge on any atom is 0.266 e. The average molecular weight is 416 g/mol. The second-order valence-electron chi connectivity index (χ2n) is 6.74. The lowest BCUT2D eigenvalue weighted by molar-refractivity contribution is -0.120. The van der Waals surface area contributed by atoms with Crippen molar-refractivity contribution in [2.24, 2.45) is 5.92 Å². The molecule has 3 heterocycles. The summed E-state index contributed by atoms with van der Waals surface area (Å²) < 4.78 is 51.1. The van der Waals surface area contributed by atoms with Crippen LogP contribution in [0.2, 0.25) is 0 Å². The number of furan rings is 1. The SMILES string of the molecule is N#Cc1nc(-c2ccco2)oc1N1CCC(C(=O)Nc2ccc(F)c(F)c2F)CC1. The number of rotatable bonds is 4. The highest BCUT2D eigenvalue weighted by atomic mass is 19.2. The summed E-state index contributed by atoms with van der Waals surface area (Å²) in [6.07, 6.45) is 2.24. The van der Waals surface area contributed by atoms with E-state index < -0.39 is 35.0 Å². The number of piperidine rings is 1. The molecule has 30 heavy (non-hydrogen) atoms. The molecule has 1 saturated heterocycles. The predicted octanol–water partition coefficient (Wildman–Crippen LogP) is 4.08. The number of nitrogens with zero attached hydrogens (tertiary/aromatic N) is 3. The lowest BCUT2D eigenvalue weighted by atomic mass is 9.95. The molecule has 1 fully saturated rings. The van der Waals surface area contributed by atoms with E-state index in [1.165, 1.54) is 6.26 Å². The summed E-state index contributed by atoms with van der Waals surface area (Å²) in [5, 5.41) is 11.7. The van der Waals surface area contributed by atoms with Crippen molar-refractivity contribution in [3.8, 4) is 17.7 Å². The standard InChI is InChI=1S/C20H15F3N4O3/c21-12-3-4-13(17(23)16(12)22)25-18(28)11-5-7-27(8-6-11)20-14(10-24)26-19(30-20)15-2-1-9-29-15/h1-4,9,11H,5-8H2,(H,25,28). The Morgan fingerprint density at radius 2 is 1.97 bits per heavy atom. The zero-order chi connectivity index (χ0) is 21.3. The highest BCUT2D eigenvalue weighted by molar-refractivity contribution is 5.92. The van der Waals surface area contributed by atoms with E-state index in [-0.39, 0.29) is 17.5 Å². The molecule has 0 unspecified atom stereocenters. The fourth-order valence-corrected chi connectivity index (χ4v) is 3.31. The summed E-state index contributed by atoms with van der Waals surface area (Å²) in [7, 11) is 0. The van der Waals surface area contributed by atoms with Crippen LogP contribution in [0.25, 0.3) is 11.7 Å². The number of hydrogen-bond acceptors (Lipinski definition) is 6. The average Bonchev–Trinajstić information content (AvgIpc) is 3.44. The minimum absolute atomic E-state index is 0.105. The van der Waals surface area contributed by atoms with Gasteiger partial charge in [-0.2, -0.15) is 10.2 Å². The maximum atomic E-state index is 13.8. The number of anilines is 2. The van der Waals surface area contributed by atoms with Crippen LogP contribution in [0, 0.1) is 34.7 Å². The van der Waals surface area contributed by atoms with Gasteiger partial charge in [-0.15, -0.1) is 0 Å². The van der Waals surface area contributed by atoms with Crippen LogP contribution in [0.15, 0.2) is 39.4 Å². The zero-order valence-corrected chi connectivity index (χ0v) is 15.5. The number of nitrogens with one attached hydrogen (secondary N) is 1. The molecule has 2 aromatic heterocycles. The van der Waals surface area contributed by atoms with E-state index in [9.17, 15) is 23.2 Å². The Hall–Kier alpha value is -3.74.